The lowest BCUT2D eigenvalue weighted by atomic mass is 10.2. The molecule has 0 radical (unpaired) electrons. The van der Waals surface area contributed by atoms with Crippen LogP contribution in [-0.2, 0) is 14.8 Å². The van der Waals surface area contributed by atoms with Gasteiger partial charge in [-0.3, -0.25) is 0 Å². The molecule has 0 rings (SSSR count). The summed E-state index contributed by atoms with van der Waals surface area (Å²) in [6.07, 6.45) is 7.54. The highest BCUT2D eigenvalue weighted by Crippen LogP contribution is 2.02. The molecule has 0 bridgehead atoms. The van der Waals surface area contributed by atoms with Crippen LogP contribution < -0.4 is 5.14 Å². The summed E-state index contributed by atoms with van der Waals surface area (Å²) in [6, 6.07) is 0. The average Bonchev–Trinajstić information content (AvgIpc) is 2.19. The van der Waals surface area contributed by atoms with Gasteiger partial charge in [-0.05, 0) is 19.3 Å². The molecule has 0 aromatic carbocycles. The molecule has 0 aromatic rings. The molecule has 2 N–H and O–H groups in total. The van der Waals surface area contributed by atoms with Crippen molar-refractivity contribution in [2.24, 2.45) is 5.14 Å². The van der Waals surface area contributed by atoms with Crippen molar-refractivity contribution in [3.63, 3.8) is 0 Å². The summed E-state index contributed by atoms with van der Waals surface area (Å²) in [4.78, 5) is 0. The van der Waals surface area contributed by atoms with Gasteiger partial charge < -0.3 is 4.74 Å². The second kappa shape index (κ2) is 10.1. The molecule has 0 unspecified atom stereocenters. The number of rotatable bonds is 11. The first-order chi connectivity index (χ1) is 7.56. The predicted molar refractivity (Wildman–Crippen MR) is 66.8 cm³/mol. The molecule has 4 nitrogen and oxygen atoms in total. The third kappa shape index (κ3) is 13.9. The summed E-state index contributed by atoms with van der Waals surface area (Å²) >= 11 is 0. The van der Waals surface area contributed by atoms with Crippen molar-refractivity contribution in [2.45, 2.75) is 51.9 Å². The monoisotopic (exact) mass is 251 g/mol. The van der Waals surface area contributed by atoms with E-state index in [1.165, 1.54) is 25.7 Å². The van der Waals surface area contributed by atoms with E-state index in [4.69, 9.17) is 9.88 Å². The molecule has 98 valence electrons. The van der Waals surface area contributed by atoms with E-state index in [9.17, 15) is 8.42 Å². The first-order valence-corrected chi connectivity index (χ1v) is 7.86. The van der Waals surface area contributed by atoms with Crippen LogP contribution in [0.5, 0.6) is 0 Å². The highest BCUT2D eigenvalue weighted by molar-refractivity contribution is 7.89. The van der Waals surface area contributed by atoms with Gasteiger partial charge in [0.15, 0.2) is 0 Å². The summed E-state index contributed by atoms with van der Waals surface area (Å²) in [5.41, 5.74) is 0. The van der Waals surface area contributed by atoms with E-state index in [2.05, 4.69) is 6.92 Å². The Hall–Kier alpha value is -0.130. The highest BCUT2D eigenvalue weighted by atomic mass is 32.2. The zero-order chi connectivity index (χ0) is 12.3. The fourth-order valence-corrected chi connectivity index (χ4v) is 2.02. The molecule has 5 heteroatoms. The van der Waals surface area contributed by atoms with Crippen LogP contribution >= 0.6 is 0 Å². The van der Waals surface area contributed by atoms with Crippen molar-refractivity contribution >= 4 is 10.0 Å². The fraction of sp³-hybridized carbons (Fsp3) is 1.00. The van der Waals surface area contributed by atoms with E-state index in [1.54, 1.807) is 0 Å². The topological polar surface area (TPSA) is 69.4 Å². The molecular weight excluding hydrogens is 226 g/mol. The molecule has 0 fully saturated rings. The lowest BCUT2D eigenvalue weighted by Gasteiger charge is -2.03. The van der Waals surface area contributed by atoms with Gasteiger partial charge in [0, 0.05) is 13.2 Å². The zero-order valence-corrected chi connectivity index (χ0v) is 11.1. The van der Waals surface area contributed by atoms with Crippen LogP contribution in [0.1, 0.15) is 51.9 Å². The number of primary sulfonamides is 1. The third-order valence-corrected chi connectivity index (χ3v) is 3.22. The second-order valence-electron chi connectivity index (χ2n) is 4.10. The van der Waals surface area contributed by atoms with E-state index in [0.29, 0.717) is 13.0 Å². The van der Waals surface area contributed by atoms with E-state index in [1.807, 2.05) is 0 Å². The lowest BCUT2D eigenvalue weighted by molar-refractivity contribution is 0.127. The maximum Gasteiger partial charge on any atom is 0.209 e. The average molecular weight is 251 g/mol. The molecule has 0 heterocycles. The molecule has 0 aromatic heterocycles. The Morgan fingerprint density at radius 1 is 0.938 bits per heavy atom. The number of hydrogen-bond donors (Lipinski definition) is 1. The van der Waals surface area contributed by atoms with Gasteiger partial charge in [0.2, 0.25) is 10.0 Å². The normalized spacial score (nSPS) is 11.9. The number of hydrogen-bond acceptors (Lipinski definition) is 3. The Balaban J connectivity index is 3.05. The van der Waals surface area contributed by atoms with Crippen molar-refractivity contribution in [3.05, 3.63) is 0 Å². The van der Waals surface area contributed by atoms with Gasteiger partial charge in [-0.2, -0.15) is 0 Å². The maximum atomic E-state index is 10.6. The Bertz CT molecular complexity index is 240. The molecular formula is C11H25NO3S. The molecule has 0 spiro atoms. The summed E-state index contributed by atoms with van der Waals surface area (Å²) in [5.74, 6) is 0.0624. The van der Waals surface area contributed by atoms with Gasteiger partial charge >= 0.3 is 0 Å². The Morgan fingerprint density at radius 2 is 1.50 bits per heavy atom. The van der Waals surface area contributed by atoms with Crippen LogP contribution in [0.15, 0.2) is 0 Å². The second-order valence-corrected chi connectivity index (χ2v) is 5.83. The van der Waals surface area contributed by atoms with Crippen molar-refractivity contribution < 1.29 is 13.2 Å². The molecule has 0 aliphatic heterocycles. The van der Waals surface area contributed by atoms with Gasteiger partial charge in [-0.25, -0.2) is 13.6 Å². The number of nitrogens with two attached hydrogens (primary N) is 1. The first-order valence-electron chi connectivity index (χ1n) is 6.14. The molecule has 0 saturated carbocycles. The van der Waals surface area contributed by atoms with Crippen LogP contribution in [-0.4, -0.2) is 27.4 Å². The summed E-state index contributed by atoms with van der Waals surface area (Å²) in [5, 5.41) is 4.88. The van der Waals surface area contributed by atoms with Crippen LogP contribution in [0.25, 0.3) is 0 Å². The number of sulfonamides is 1. The molecule has 0 amide bonds. The van der Waals surface area contributed by atoms with Crippen molar-refractivity contribution in [1.29, 1.82) is 0 Å². The van der Waals surface area contributed by atoms with Crippen LogP contribution in [0, 0.1) is 0 Å². The van der Waals surface area contributed by atoms with Crippen LogP contribution in [0.4, 0.5) is 0 Å². The van der Waals surface area contributed by atoms with E-state index < -0.39 is 10.0 Å². The zero-order valence-electron chi connectivity index (χ0n) is 10.3. The summed E-state index contributed by atoms with van der Waals surface area (Å²) in [7, 11) is -3.29. The van der Waals surface area contributed by atoms with Crippen molar-refractivity contribution in [2.75, 3.05) is 19.0 Å². The van der Waals surface area contributed by atoms with E-state index in [0.717, 1.165) is 19.4 Å². The Morgan fingerprint density at radius 3 is 2.06 bits per heavy atom. The van der Waals surface area contributed by atoms with Gasteiger partial charge in [0.1, 0.15) is 0 Å². The van der Waals surface area contributed by atoms with Crippen molar-refractivity contribution in [1.82, 2.24) is 0 Å². The lowest BCUT2D eigenvalue weighted by Crippen LogP contribution is -2.16. The van der Waals surface area contributed by atoms with Crippen LogP contribution in [0.2, 0.25) is 0 Å². The molecule has 0 saturated heterocycles. The first kappa shape index (κ1) is 15.9. The minimum atomic E-state index is -3.29. The molecule has 0 aliphatic carbocycles. The standard InChI is InChI=1S/C11H25NO3S/c1-2-3-4-5-6-9-15-10-7-8-11-16(12,13)14/h2-11H2,1H3,(H2,12,13,14). The third-order valence-electron chi connectivity index (χ3n) is 2.36. The van der Waals surface area contributed by atoms with Gasteiger partial charge in [0.25, 0.3) is 0 Å². The Kier molecular flexibility index (Phi) is 9.97. The molecule has 16 heavy (non-hydrogen) atoms. The molecule has 0 aliphatic rings. The highest BCUT2D eigenvalue weighted by Gasteiger charge is 2.01. The number of ether oxygens (including phenoxy) is 1. The summed E-state index contributed by atoms with van der Waals surface area (Å²) < 4.78 is 26.6. The van der Waals surface area contributed by atoms with Gasteiger partial charge in [-0.15, -0.1) is 0 Å². The predicted octanol–water partition coefficient (Wildman–Crippen LogP) is 2.04. The summed E-state index contributed by atoms with van der Waals surface area (Å²) in [6.45, 7) is 3.63. The maximum absolute atomic E-state index is 10.6. The fourth-order valence-electron chi connectivity index (χ4n) is 1.42. The van der Waals surface area contributed by atoms with E-state index in [-0.39, 0.29) is 5.75 Å². The SMILES string of the molecule is CCCCCCCOCCCCS(N)(=O)=O. The largest absolute Gasteiger partial charge is 0.381 e. The minimum Gasteiger partial charge on any atom is -0.381 e. The Labute approximate surface area is 99.6 Å². The van der Waals surface area contributed by atoms with Gasteiger partial charge in [-0.1, -0.05) is 32.6 Å². The minimum absolute atomic E-state index is 0.0624. The van der Waals surface area contributed by atoms with E-state index >= 15 is 0 Å². The smallest absolute Gasteiger partial charge is 0.209 e. The quantitative estimate of drug-likeness (QED) is 0.571. The molecule has 0 atom stereocenters. The van der Waals surface area contributed by atoms with Crippen molar-refractivity contribution in [3.8, 4) is 0 Å². The number of unbranched alkanes of at least 4 members (excludes halogenated alkanes) is 5. The van der Waals surface area contributed by atoms with Gasteiger partial charge in [0.05, 0.1) is 5.75 Å². The van der Waals surface area contributed by atoms with Crippen LogP contribution in [0.3, 0.4) is 0 Å².